The van der Waals surface area contributed by atoms with Crippen molar-refractivity contribution in [3.8, 4) is 33.4 Å². The van der Waals surface area contributed by atoms with Crippen LogP contribution in [0.15, 0.2) is 109 Å². The molecule has 152 valence electrons. The molecule has 0 atom stereocenters. The van der Waals surface area contributed by atoms with Crippen molar-refractivity contribution in [1.29, 1.82) is 0 Å². The number of aryl methyl sites for hydroxylation is 1. The van der Waals surface area contributed by atoms with Crippen molar-refractivity contribution in [3.63, 3.8) is 0 Å². The Morgan fingerprint density at radius 1 is 0.613 bits per heavy atom. The fraction of sp³-hybridized carbons (Fsp3) is 0.0357. The van der Waals surface area contributed by atoms with Crippen LogP contribution >= 0.6 is 17.0 Å². The van der Waals surface area contributed by atoms with E-state index in [9.17, 15) is 0 Å². The van der Waals surface area contributed by atoms with Crippen molar-refractivity contribution in [1.82, 2.24) is 0 Å². The monoisotopic (exact) mass is 517 g/mol. The zero-order chi connectivity index (χ0) is 21.6. The molecule has 5 aromatic rings. The minimum atomic E-state index is -0.826. The summed E-state index contributed by atoms with van der Waals surface area (Å²) in [6, 6.07) is 39.3. The Labute approximate surface area is 202 Å². The van der Waals surface area contributed by atoms with E-state index in [2.05, 4.69) is 116 Å². The summed E-state index contributed by atoms with van der Waals surface area (Å²) in [4.78, 5) is 0. The Kier molecular flexibility index (Phi) is 7.51. The van der Waals surface area contributed by atoms with E-state index >= 15 is 0 Å². The van der Waals surface area contributed by atoms with Crippen LogP contribution in [-0.4, -0.2) is 0 Å². The minimum absolute atomic E-state index is 0.826. The molecule has 5 aromatic carbocycles. The molecule has 5 rings (SSSR count). The molecule has 0 amide bonds. The van der Waals surface area contributed by atoms with Crippen LogP contribution in [0.1, 0.15) is 5.56 Å². The molecular formula is C28H21Cl2Zr-. The van der Waals surface area contributed by atoms with Gasteiger partial charge in [-0.05, 0) is 27.8 Å². The van der Waals surface area contributed by atoms with Gasteiger partial charge in [-0.15, -0.1) is 28.5 Å². The van der Waals surface area contributed by atoms with Crippen LogP contribution in [-0.2, 0) is 20.8 Å². The van der Waals surface area contributed by atoms with Crippen LogP contribution in [0.3, 0.4) is 0 Å². The first-order chi connectivity index (χ1) is 15.2. The summed E-state index contributed by atoms with van der Waals surface area (Å²) in [5.41, 5.74) is 8.95. The summed E-state index contributed by atoms with van der Waals surface area (Å²) in [6.45, 7) is 2.18. The predicted molar refractivity (Wildman–Crippen MR) is 132 cm³/mol. The molecule has 0 aliphatic carbocycles. The van der Waals surface area contributed by atoms with Crippen molar-refractivity contribution in [2.45, 2.75) is 6.92 Å². The van der Waals surface area contributed by atoms with Crippen LogP contribution in [0.5, 0.6) is 0 Å². The van der Waals surface area contributed by atoms with Crippen molar-refractivity contribution in [3.05, 3.63) is 115 Å². The van der Waals surface area contributed by atoms with Crippen LogP contribution in [0.2, 0.25) is 0 Å². The maximum atomic E-state index is 4.93. The van der Waals surface area contributed by atoms with Gasteiger partial charge in [-0.2, -0.15) is 6.07 Å². The number of hydrogen-bond acceptors (Lipinski definition) is 0. The molecule has 0 nitrogen and oxygen atoms in total. The molecule has 0 aromatic heterocycles. The van der Waals surface area contributed by atoms with E-state index in [1.807, 2.05) is 0 Å². The van der Waals surface area contributed by atoms with E-state index in [-0.39, 0.29) is 0 Å². The standard InChI is InChI=1S/C28H21.2ClH.Zr/c1-20-18-23-16-17-25(22-12-6-3-7-13-22)28(27(23)19-20)26-15-9-8-14-24(26)21-10-4-2-5-11-21;;;/h2-19H,1H3;2*1H;/q-1;;;+2/p-2. The van der Waals surface area contributed by atoms with Gasteiger partial charge in [0.15, 0.2) is 0 Å². The molecule has 0 heterocycles. The van der Waals surface area contributed by atoms with E-state index in [0.29, 0.717) is 0 Å². The first kappa shape index (κ1) is 22.2. The molecule has 0 spiro atoms. The summed E-state index contributed by atoms with van der Waals surface area (Å²) in [5, 5.41) is 2.62. The maximum absolute atomic E-state index is 4.93. The normalized spacial score (nSPS) is 10.4. The second-order valence-corrected chi connectivity index (χ2v) is 11.1. The number of halogens is 2. The number of benzene rings is 4. The third-order valence-corrected chi connectivity index (χ3v) is 5.40. The summed E-state index contributed by atoms with van der Waals surface area (Å²) >= 11 is -0.826. The van der Waals surface area contributed by atoms with E-state index in [1.165, 1.54) is 49.7 Å². The molecule has 0 aliphatic rings. The first-order valence-corrected chi connectivity index (χ1v) is 16.4. The molecule has 0 radical (unpaired) electrons. The summed E-state index contributed by atoms with van der Waals surface area (Å²) < 4.78 is 0. The first-order valence-electron chi connectivity index (χ1n) is 10.1. The predicted octanol–water partition coefficient (Wildman–Crippen LogP) is 9.24. The molecule has 3 heteroatoms. The van der Waals surface area contributed by atoms with Gasteiger partial charge >= 0.3 is 37.9 Å². The third-order valence-electron chi connectivity index (χ3n) is 5.40. The van der Waals surface area contributed by atoms with Crippen molar-refractivity contribution in [2.75, 3.05) is 0 Å². The topological polar surface area (TPSA) is 0 Å². The Morgan fingerprint density at radius 2 is 1.13 bits per heavy atom. The van der Waals surface area contributed by atoms with Crippen molar-refractivity contribution in [2.24, 2.45) is 0 Å². The van der Waals surface area contributed by atoms with Gasteiger partial charge in [-0.25, -0.2) is 0 Å². The van der Waals surface area contributed by atoms with E-state index < -0.39 is 20.8 Å². The molecule has 31 heavy (non-hydrogen) atoms. The number of rotatable bonds is 3. The molecule has 0 fully saturated rings. The van der Waals surface area contributed by atoms with Gasteiger partial charge < -0.3 is 0 Å². The van der Waals surface area contributed by atoms with Crippen LogP contribution in [0, 0.1) is 6.92 Å². The molecule has 0 saturated carbocycles. The van der Waals surface area contributed by atoms with Gasteiger partial charge in [0.2, 0.25) is 0 Å². The van der Waals surface area contributed by atoms with Crippen LogP contribution in [0.4, 0.5) is 0 Å². The quantitative estimate of drug-likeness (QED) is 0.208. The van der Waals surface area contributed by atoms with Gasteiger partial charge in [0.25, 0.3) is 0 Å². The van der Waals surface area contributed by atoms with Crippen LogP contribution < -0.4 is 0 Å². The van der Waals surface area contributed by atoms with Crippen molar-refractivity contribution >= 4 is 27.8 Å². The molecule has 0 N–H and O–H groups in total. The Morgan fingerprint density at radius 3 is 1.74 bits per heavy atom. The number of fused-ring (bicyclic) bond motifs is 1. The second-order valence-electron chi connectivity index (χ2n) is 7.37. The Bertz CT molecular complexity index is 1270. The Hall–Kier alpha value is -2.05. The van der Waals surface area contributed by atoms with Crippen LogP contribution in [0.25, 0.3) is 44.2 Å². The molecule has 0 unspecified atom stereocenters. The van der Waals surface area contributed by atoms with E-state index in [1.54, 1.807) is 0 Å². The average molecular weight is 520 g/mol. The van der Waals surface area contributed by atoms with Gasteiger partial charge in [-0.1, -0.05) is 103 Å². The van der Waals surface area contributed by atoms with Gasteiger partial charge in [-0.3, -0.25) is 0 Å². The van der Waals surface area contributed by atoms with Gasteiger partial charge in [0.05, 0.1) is 0 Å². The third kappa shape index (κ3) is 4.91. The summed E-state index contributed by atoms with van der Waals surface area (Å²) in [5.74, 6) is 0. The zero-order valence-electron chi connectivity index (χ0n) is 17.1. The fourth-order valence-corrected chi connectivity index (χ4v) is 4.15. The second kappa shape index (κ2) is 10.5. The van der Waals surface area contributed by atoms with Gasteiger partial charge in [0.1, 0.15) is 0 Å². The summed E-state index contributed by atoms with van der Waals surface area (Å²) in [7, 11) is 9.87. The SMILES string of the molecule is Cc1cc2c(-c3ccccc3-c3ccccc3)c(-c3ccccc3)ccc2[cH-]1.[Cl][Zr][Cl]. The van der Waals surface area contributed by atoms with Crippen molar-refractivity contribution < 1.29 is 20.8 Å². The molecule has 0 saturated heterocycles. The molecule has 0 aliphatic heterocycles. The summed E-state index contributed by atoms with van der Waals surface area (Å²) in [6.07, 6.45) is 0. The average Bonchev–Trinajstić information content (AvgIpc) is 3.20. The van der Waals surface area contributed by atoms with E-state index in [0.717, 1.165) is 0 Å². The molecular weight excluding hydrogens is 498 g/mol. The fourth-order valence-electron chi connectivity index (χ4n) is 4.15. The van der Waals surface area contributed by atoms with E-state index in [4.69, 9.17) is 17.0 Å². The number of hydrogen-bond donors (Lipinski definition) is 0. The van der Waals surface area contributed by atoms with Gasteiger partial charge in [0, 0.05) is 0 Å². The Balaban J connectivity index is 0.000000730. The zero-order valence-corrected chi connectivity index (χ0v) is 21.1. The molecule has 0 bridgehead atoms.